The van der Waals surface area contributed by atoms with E-state index in [2.05, 4.69) is 17.2 Å². The summed E-state index contributed by atoms with van der Waals surface area (Å²) in [6, 6.07) is 14.5. The summed E-state index contributed by atoms with van der Waals surface area (Å²) in [7, 11) is 0. The fourth-order valence-electron chi connectivity index (χ4n) is 1.86. The van der Waals surface area contributed by atoms with Gasteiger partial charge in [-0.15, -0.1) is 11.8 Å². The van der Waals surface area contributed by atoms with E-state index in [1.165, 1.54) is 4.90 Å². The van der Waals surface area contributed by atoms with Crippen LogP contribution in [0.4, 0.5) is 4.79 Å². The number of nitrogens with one attached hydrogen (secondary N) is 1. The van der Waals surface area contributed by atoms with E-state index in [0.717, 1.165) is 11.3 Å². The number of benzene rings is 2. The maximum atomic E-state index is 10.7. The van der Waals surface area contributed by atoms with Crippen molar-refractivity contribution in [1.82, 2.24) is 5.32 Å². The standard InChI is InChI=1S/C18H18N2O2S/c1-13(20-18(19)21)6-7-14-4-3-5-16(12-14)22-15-8-10-17(23-2)11-9-15/h3-5,8-13H,1-2H3,(H3,19,20,21). The summed E-state index contributed by atoms with van der Waals surface area (Å²) >= 11 is 1.69. The van der Waals surface area contributed by atoms with Gasteiger partial charge in [-0.3, -0.25) is 0 Å². The molecule has 0 heterocycles. The molecule has 4 nitrogen and oxygen atoms in total. The number of thioether (sulfide) groups is 1. The molecule has 3 N–H and O–H groups in total. The molecule has 0 fully saturated rings. The zero-order chi connectivity index (χ0) is 16.7. The van der Waals surface area contributed by atoms with E-state index in [4.69, 9.17) is 10.5 Å². The molecule has 0 aliphatic rings. The maximum absolute atomic E-state index is 10.7. The second-order valence-electron chi connectivity index (χ2n) is 4.81. The van der Waals surface area contributed by atoms with Crippen molar-refractivity contribution in [3.05, 3.63) is 54.1 Å². The van der Waals surface area contributed by atoms with Crippen molar-refractivity contribution >= 4 is 17.8 Å². The number of carbonyl (C=O) groups excluding carboxylic acids is 1. The Hall–Kier alpha value is -2.58. The van der Waals surface area contributed by atoms with Gasteiger partial charge in [0, 0.05) is 10.5 Å². The van der Waals surface area contributed by atoms with Gasteiger partial charge in [0.05, 0.1) is 6.04 Å². The van der Waals surface area contributed by atoms with Gasteiger partial charge in [0.25, 0.3) is 0 Å². The summed E-state index contributed by atoms with van der Waals surface area (Å²) in [4.78, 5) is 11.9. The van der Waals surface area contributed by atoms with Crippen LogP contribution in [0.25, 0.3) is 0 Å². The minimum Gasteiger partial charge on any atom is -0.457 e. The second kappa shape index (κ2) is 8.16. The van der Waals surface area contributed by atoms with Crippen LogP contribution in [0.5, 0.6) is 11.5 Å². The lowest BCUT2D eigenvalue weighted by atomic mass is 10.2. The molecule has 1 unspecified atom stereocenters. The Bertz CT molecular complexity index is 733. The normalized spacial score (nSPS) is 11.0. The molecule has 0 saturated carbocycles. The van der Waals surface area contributed by atoms with Crippen molar-refractivity contribution in [3.63, 3.8) is 0 Å². The highest BCUT2D eigenvalue weighted by Gasteiger charge is 2.00. The van der Waals surface area contributed by atoms with Gasteiger partial charge in [-0.05, 0) is 55.6 Å². The molecule has 0 bridgehead atoms. The summed E-state index contributed by atoms with van der Waals surface area (Å²) in [5.74, 6) is 7.39. The Kier molecular flexibility index (Phi) is 5.95. The molecule has 1 atom stereocenters. The second-order valence-corrected chi connectivity index (χ2v) is 5.68. The molecule has 0 aliphatic heterocycles. The van der Waals surface area contributed by atoms with Crippen LogP contribution in [0.3, 0.4) is 0 Å². The molecule has 0 radical (unpaired) electrons. The Labute approximate surface area is 140 Å². The zero-order valence-electron chi connectivity index (χ0n) is 13.0. The van der Waals surface area contributed by atoms with E-state index >= 15 is 0 Å². The molecule has 2 amide bonds. The number of carbonyl (C=O) groups is 1. The summed E-state index contributed by atoms with van der Waals surface area (Å²) in [5, 5.41) is 2.51. The van der Waals surface area contributed by atoms with E-state index in [1.54, 1.807) is 18.7 Å². The van der Waals surface area contributed by atoms with Crippen LogP contribution >= 0.6 is 11.8 Å². The van der Waals surface area contributed by atoms with Crippen LogP contribution in [0.15, 0.2) is 53.4 Å². The number of ether oxygens (including phenoxy) is 1. The van der Waals surface area contributed by atoms with Crippen molar-refractivity contribution in [2.75, 3.05) is 6.26 Å². The first-order chi connectivity index (χ1) is 11.1. The lowest BCUT2D eigenvalue weighted by Crippen LogP contribution is -2.35. The van der Waals surface area contributed by atoms with Gasteiger partial charge in [-0.2, -0.15) is 0 Å². The van der Waals surface area contributed by atoms with Crippen LogP contribution in [0.1, 0.15) is 12.5 Å². The number of rotatable bonds is 4. The van der Waals surface area contributed by atoms with Gasteiger partial charge in [-0.25, -0.2) is 4.79 Å². The molecule has 2 aromatic rings. The molecule has 5 heteroatoms. The molecule has 0 aliphatic carbocycles. The predicted molar refractivity (Wildman–Crippen MR) is 93.8 cm³/mol. The molecule has 118 valence electrons. The molecule has 2 aromatic carbocycles. The van der Waals surface area contributed by atoms with E-state index in [-0.39, 0.29) is 6.04 Å². The molecular formula is C18H18N2O2S. The van der Waals surface area contributed by atoms with Gasteiger partial charge in [-0.1, -0.05) is 17.9 Å². The fraction of sp³-hybridized carbons (Fsp3) is 0.167. The summed E-state index contributed by atoms with van der Waals surface area (Å²) < 4.78 is 5.82. The largest absolute Gasteiger partial charge is 0.457 e. The van der Waals surface area contributed by atoms with Gasteiger partial charge < -0.3 is 15.8 Å². The monoisotopic (exact) mass is 326 g/mol. The van der Waals surface area contributed by atoms with E-state index in [1.807, 2.05) is 54.8 Å². The number of amides is 2. The molecule has 23 heavy (non-hydrogen) atoms. The molecule has 2 rings (SSSR count). The van der Waals surface area contributed by atoms with Crippen LogP contribution < -0.4 is 15.8 Å². The van der Waals surface area contributed by atoms with Gasteiger partial charge in [0.2, 0.25) is 0 Å². The van der Waals surface area contributed by atoms with Crippen molar-refractivity contribution < 1.29 is 9.53 Å². The van der Waals surface area contributed by atoms with Crippen molar-refractivity contribution in [2.45, 2.75) is 17.9 Å². The molecule has 0 saturated heterocycles. The number of nitrogens with two attached hydrogens (primary N) is 1. The predicted octanol–water partition coefficient (Wildman–Crippen LogP) is 3.61. The van der Waals surface area contributed by atoms with Crippen LogP contribution in [-0.4, -0.2) is 18.3 Å². The Morgan fingerprint density at radius 1 is 1.22 bits per heavy atom. The highest BCUT2D eigenvalue weighted by atomic mass is 32.2. The third-order valence-corrected chi connectivity index (χ3v) is 3.66. The SMILES string of the molecule is CSc1ccc(Oc2cccc(C#CC(C)NC(N)=O)c2)cc1. The topological polar surface area (TPSA) is 64.3 Å². The third-order valence-electron chi connectivity index (χ3n) is 2.92. The number of primary amides is 1. The summed E-state index contributed by atoms with van der Waals surface area (Å²) in [6.07, 6.45) is 2.03. The van der Waals surface area contributed by atoms with Crippen molar-refractivity contribution in [1.29, 1.82) is 0 Å². The lowest BCUT2D eigenvalue weighted by Gasteiger charge is -2.07. The average Bonchev–Trinajstić information content (AvgIpc) is 2.53. The van der Waals surface area contributed by atoms with E-state index < -0.39 is 6.03 Å². The summed E-state index contributed by atoms with van der Waals surface area (Å²) in [5.41, 5.74) is 5.86. The zero-order valence-corrected chi connectivity index (χ0v) is 13.8. The number of hydrogen-bond acceptors (Lipinski definition) is 3. The number of hydrogen-bond donors (Lipinski definition) is 2. The van der Waals surface area contributed by atoms with Crippen LogP contribution in [-0.2, 0) is 0 Å². The van der Waals surface area contributed by atoms with Gasteiger partial charge in [0.1, 0.15) is 11.5 Å². The molecule has 0 aromatic heterocycles. The Morgan fingerprint density at radius 3 is 2.61 bits per heavy atom. The van der Waals surface area contributed by atoms with Crippen molar-refractivity contribution in [3.8, 4) is 23.3 Å². The Morgan fingerprint density at radius 2 is 1.96 bits per heavy atom. The highest BCUT2D eigenvalue weighted by molar-refractivity contribution is 7.98. The Balaban J connectivity index is 2.07. The third kappa shape index (κ3) is 5.61. The maximum Gasteiger partial charge on any atom is 0.313 e. The van der Waals surface area contributed by atoms with Crippen molar-refractivity contribution in [2.24, 2.45) is 5.73 Å². The minimum atomic E-state index is -0.586. The lowest BCUT2D eigenvalue weighted by molar-refractivity contribution is 0.248. The van der Waals surface area contributed by atoms with Gasteiger partial charge in [0.15, 0.2) is 0 Å². The highest BCUT2D eigenvalue weighted by Crippen LogP contribution is 2.24. The first-order valence-electron chi connectivity index (χ1n) is 7.06. The van der Waals surface area contributed by atoms with Crippen LogP contribution in [0, 0.1) is 11.8 Å². The fourth-order valence-corrected chi connectivity index (χ4v) is 2.27. The van der Waals surface area contributed by atoms with Gasteiger partial charge >= 0.3 is 6.03 Å². The number of urea groups is 1. The summed E-state index contributed by atoms with van der Waals surface area (Å²) in [6.45, 7) is 1.77. The first-order valence-corrected chi connectivity index (χ1v) is 8.29. The smallest absolute Gasteiger partial charge is 0.313 e. The first kappa shape index (κ1) is 16.8. The molecule has 0 spiro atoms. The van der Waals surface area contributed by atoms with E-state index in [0.29, 0.717) is 5.75 Å². The van der Waals surface area contributed by atoms with Crippen LogP contribution in [0.2, 0.25) is 0 Å². The molecular weight excluding hydrogens is 308 g/mol. The minimum absolute atomic E-state index is 0.309. The quantitative estimate of drug-likeness (QED) is 0.666. The average molecular weight is 326 g/mol. The van der Waals surface area contributed by atoms with E-state index in [9.17, 15) is 4.79 Å².